The number of amides is 1. The molecular weight excluding hydrogens is 476 g/mol. The lowest BCUT2D eigenvalue weighted by Crippen LogP contribution is -2.58. The van der Waals surface area contributed by atoms with Gasteiger partial charge >= 0.3 is 0 Å². The SMILES string of the molecule is COc1cc(C(=O)NCC(C/C=C(\C)CCC=C(C)C)NC2C3CC4CC(C3)CC2C4)cc(OC)c1OC. The van der Waals surface area contributed by atoms with Crippen LogP contribution in [-0.4, -0.2) is 45.9 Å². The van der Waals surface area contributed by atoms with E-state index in [-0.39, 0.29) is 11.9 Å². The fourth-order valence-corrected chi connectivity index (χ4v) is 7.24. The number of allylic oxidation sites excluding steroid dienone is 3. The normalized spacial score (nSPS) is 26.6. The first kappa shape index (κ1) is 28.5. The summed E-state index contributed by atoms with van der Waals surface area (Å²) in [5.74, 6) is 4.80. The molecule has 4 aliphatic rings. The topological polar surface area (TPSA) is 68.8 Å². The van der Waals surface area contributed by atoms with E-state index in [9.17, 15) is 4.79 Å². The highest BCUT2D eigenvalue weighted by Gasteiger charge is 2.48. The van der Waals surface area contributed by atoms with E-state index in [1.165, 1.54) is 43.3 Å². The van der Waals surface area contributed by atoms with Gasteiger partial charge in [0.15, 0.2) is 11.5 Å². The van der Waals surface area contributed by atoms with Gasteiger partial charge in [-0.05, 0) is 108 Å². The van der Waals surface area contributed by atoms with Gasteiger partial charge in [0.2, 0.25) is 5.75 Å². The van der Waals surface area contributed by atoms with E-state index in [0.717, 1.165) is 42.9 Å². The van der Waals surface area contributed by atoms with Gasteiger partial charge in [-0.25, -0.2) is 0 Å². The number of carbonyl (C=O) groups is 1. The van der Waals surface area contributed by atoms with Crippen molar-refractivity contribution >= 4 is 5.91 Å². The molecule has 38 heavy (non-hydrogen) atoms. The van der Waals surface area contributed by atoms with Crippen molar-refractivity contribution < 1.29 is 19.0 Å². The molecule has 1 aromatic rings. The van der Waals surface area contributed by atoms with E-state index in [1.807, 2.05) is 0 Å². The number of hydrogen-bond donors (Lipinski definition) is 2. The van der Waals surface area contributed by atoms with Crippen LogP contribution in [0.3, 0.4) is 0 Å². The van der Waals surface area contributed by atoms with E-state index in [0.29, 0.717) is 35.4 Å². The molecular formula is C32H48N2O4. The Hall–Kier alpha value is -2.47. The number of ether oxygens (including phenoxy) is 3. The second-order valence-electron chi connectivity index (χ2n) is 12.1. The molecule has 0 aliphatic heterocycles. The monoisotopic (exact) mass is 524 g/mol. The molecule has 5 rings (SSSR count). The third-order valence-electron chi connectivity index (χ3n) is 8.93. The summed E-state index contributed by atoms with van der Waals surface area (Å²) >= 11 is 0. The van der Waals surface area contributed by atoms with Crippen LogP contribution >= 0.6 is 0 Å². The third-order valence-corrected chi connectivity index (χ3v) is 8.93. The molecule has 0 heterocycles. The molecule has 1 amide bonds. The Labute approximate surface area is 229 Å². The minimum Gasteiger partial charge on any atom is -0.493 e. The maximum Gasteiger partial charge on any atom is 0.251 e. The molecule has 0 spiro atoms. The molecule has 6 nitrogen and oxygen atoms in total. The Bertz CT molecular complexity index is 973. The van der Waals surface area contributed by atoms with Crippen LogP contribution in [0.25, 0.3) is 0 Å². The molecule has 4 fully saturated rings. The lowest BCUT2D eigenvalue weighted by molar-refractivity contribution is -0.0174. The largest absolute Gasteiger partial charge is 0.493 e. The van der Waals surface area contributed by atoms with Gasteiger partial charge in [-0.15, -0.1) is 0 Å². The van der Waals surface area contributed by atoms with E-state index < -0.39 is 0 Å². The summed E-state index contributed by atoms with van der Waals surface area (Å²) in [4.78, 5) is 13.3. The van der Waals surface area contributed by atoms with Gasteiger partial charge in [-0.1, -0.05) is 23.3 Å². The average molecular weight is 525 g/mol. The Kier molecular flexibility index (Phi) is 9.80. The Morgan fingerprint density at radius 3 is 2.05 bits per heavy atom. The molecule has 0 saturated heterocycles. The lowest BCUT2D eigenvalue weighted by atomic mass is 9.54. The average Bonchev–Trinajstić information content (AvgIpc) is 2.89. The Balaban J connectivity index is 1.44. The van der Waals surface area contributed by atoms with Crippen molar-refractivity contribution in [1.82, 2.24) is 10.6 Å². The predicted octanol–water partition coefficient (Wildman–Crippen LogP) is 6.31. The lowest BCUT2D eigenvalue weighted by Gasteiger charge is -2.55. The van der Waals surface area contributed by atoms with Crippen molar-refractivity contribution in [2.45, 2.75) is 84.2 Å². The number of benzene rings is 1. The van der Waals surface area contributed by atoms with Crippen molar-refractivity contribution in [2.75, 3.05) is 27.9 Å². The van der Waals surface area contributed by atoms with Crippen LogP contribution in [-0.2, 0) is 0 Å². The molecule has 0 radical (unpaired) electrons. The van der Waals surface area contributed by atoms with Crippen LogP contribution in [0.15, 0.2) is 35.4 Å². The second kappa shape index (κ2) is 13.1. The number of rotatable bonds is 13. The predicted molar refractivity (Wildman–Crippen MR) is 153 cm³/mol. The minimum atomic E-state index is -0.134. The summed E-state index contributed by atoms with van der Waals surface area (Å²) in [5.41, 5.74) is 3.28. The number of carbonyl (C=O) groups excluding carboxylic acids is 1. The van der Waals surface area contributed by atoms with Gasteiger partial charge < -0.3 is 24.8 Å². The third kappa shape index (κ3) is 6.93. The summed E-state index contributed by atoms with van der Waals surface area (Å²) < 4.78 is 16.3. The highest BCUT2D eigenvalue weighted by Crippen LogP contribution is 2.53. The van der Waals surface area contributed by atoms with Crippen LogP contribution < -0.4 is 24.8 Å². The number of nitrogens with one attached hydrogen (secondary N) is 2. The van der Waals surface area contributed by atoms with Crippen molar-refractivity contribution in [2.24, 2.45) is 23.7 Å². The summed E-state index contributed by atoms with van der Waals surface area (Å²) in [7, 11) is 4.70. The minimum absolute atomic E-state index is 0.134. The van der Waals surface area contributed by atoms with Gasteiger partial charge in [-0.2, -0.15) is 0 Å². The van der Waals surface area contributed by atoms with Crippen LogP contribution in [0.5, 0.6) is 17.2 Å². The molecule has 210 valence electrons. The second-order valence-corrected chi connectivity index (χ2v) is 12.1. The molecule has 2 N–H and O–H groups in total. The van der Waals surface area contributed by atoms with E-state index in [4.69, 9.17) is 14.2 Å². The van der Waals surface area contributed by atoms with Crippen LogP contribution in [0.4, 0.5) is 0 Å². The molecule has 6 heteroatoms. The van der Waals surface area contributed by atoms with Crippen molar-refractivity contribution in [3.05, 3.63) is 41.0 Å². The maximum absolute atomic E-state index is 13.3. The molecule has 4 bridgehead atoms. The van der Waals surface area contributed by atoms with E-state index >= 15 is 0 Å². The molecule has 1 unspecified atom stereocenters. The van der Waals surface area contributed by atoms with Gasteiger partial charge in [0.25, 0.3) is 5.91 Å². The molecule has 0 aromatic heterocycles. The summed E-state index contributed by atoms with van der Waals surface area (Å²) in [6.07, 6.45) is 14.7. The molecule has 4 aliphatic carbocycles. The Morgan fingerprint density at radius 2 is 1.53 bits per heavy atom. The molecule has 1 aromatic carbocycles. The zero-order valence-electron chi connectivity index (χ0n) is 24.3. The first-order valence-corrected chi connectivity index (χ1v) is 14.4. The first-order valence-electron chi connectivity index (χ1n) is 14.4. The summed E-state index contributed by atoms with van der Waals surface area (Å²) in [6, 6.07) is 4.20. The van der Waals surface area contributed by atoms with Crippen molar-refractivity contribution in [3.8, 4) is 17.2 Å². The summed E-state index contributed by atoms with van der Waals surface area (Å²) in [6.45, 7) is 7.12. The first-order chi connectivity index (χ1) is 18.3. The van der Waals surface area contributed by atoms with Gasteiger partial charge in [0.1, 0.15) is 0 Å². The van der Waals surface area contributed by atoms with E-state index in [1.54, 1.807) is 33.5 Å². The number of methoxy groups -OCH3 is 3. The van der Waals surface area contributed by atoms with Crippen LogP contribution in [0.2, 0.25) is 0 Å². The number of hydrogen-bond acceptors (Lipinski definition) is 5. The maximum atomic E-state index is 13.3. The highest BCUT2D eigenvalue weighted by molar-refractivity contribution is 5.95. The summed E-state index contributed by atoms with van der Waals surface area (Å²) in [5, 5.41) is 7.26. The van der Waals surface area contributed by atoms with Crippen molar-refractivity contribution in [1.29, 1.82) is 0 Å². The highest BCUT2D eigenvalue weighted by atomic mass is 16.5. The van der Waals surface area contributed by atoms with Gasteiger partial charge in [-0.3, -0.25) is 4.79 Å². The standard InChI is InChI=1S/C32H48N2O4/c1-20(2)8-7-9-21(3)10-11-27(34-30-24-13-22-12-23(15-24)16-25(30)14-22)19-33-32(35)26-17-28(36-4)31(38-6)29(18-26)37-5/h8,10,17-18,22-25,27,30,34H,7,9,11-16,19H2,1-6H3,(H,33,35)/b21-10+. The molecule has 4 saturated carbocycles. The van der Waals surface area contributed by atoms with Gasteiger partial charge in [0.05, 0.1) is 21.3 Å². The van der Waals surface area contributed by atoms with E-state index in [2.05, 4.69) is 43.6 Å². The quantitative estimate of drug-likeness (QED) is 0.296. The zero-order chi connectivity index (χ0) is 27.2. The van der Waals surface area contributed by atoms with Crippen LogP contribution in [0.1, 0.15) is 82.5 Å². The Morgan fingerprint density at radius 1 is 0.921 bits per heavy atom. The zero-order valence-corrected chi connectivity index (χ0v) is 24.3. The van der Waals surface area contributed by atoms with Crippen LogP contribution in [0, 0.1) is 23.7 Å². The van der Waals surface area contributed by atoms with Gasteiger partial charge in [0, 0.05) is 24.2 Å². The van der Waals surface area contributed by atoms with Crippen molar-refractivity contribution in [3.63, 3.8) is 0 Å². The fourth-order valence-electron chi connectivity index (χ4n) is 7.24. The molecule has 1 atom stereocenters. The smallest absolute Gasteiger partial charge is 0.251 e. The fraction of sp³-hybridized carbons (Fsp3) is 0.656.